The number of aryl methyl sites for hydroxylation is 2. The van der Waals surface area contributed by atoms with E-state index in [1.165, 1.54) is 23.1 Å². The molecular weight excluding hydrogens is 212 g/mol. The van der Waals surface area contributed by atoms with Gasteiger partial charge in [0, 0.05) is 28.6 Å². The van der Waals surface area contributed by atoms with E-state index in [2.05, 4.69) is 4.98 Å². The van der Waals surface area contributed by atoms with Gasteiger partial charge in [-0.05, 0) is 49.6 Å². The van der Waals surface area contributed by atoms with Crippen molar-refractivity contribution in [3.63, 3.8) is 0 Å². The summed E-state index contributed by atoms with van der Waals surface area (Å²) in [5.74, 6) is 0.141. The molecule has 0 saturated carbocycles. The fourth-order valence-corrected chi connectivity index (χ4v) is 2.69. The number of aromatic nitrogens is 1. The zero-order chi connectivity index (χ0) is 11.8. The molecule has 3 nitrogen and oxygen atoms in total. The van der Waals surface area contributed by atoms with Crippen molar-refractivity contribution in [3.05, 3.63) is 35.0 Å². The van der Waals surface area contributed by atoms with Crippen LogP contribution in [-0.2, 0) is 12.8 Å². The standard InChI is InChI=1S/C14H16N2O/c15-7-6-14(17)9-4-5-13-11(8-9)10-2-1-3-12(10)16-13/h4-5,8,16H,1-3,6-7,15H2. The average molecular weight is 228 g/mol. The second-order valence-electron chi connectivity index (χ2n) is 4.66. The smallest absolute Gasteiger partial charge is 0.164 e. The Bertz CT molecular complexity index is 583. The van der Waals surface area contributed by atoms with Gasteiger partial charge in [0.05, 0.1) is 0 Å². The molecule has 3 rings (SSSR count). The SMILES string of the molecule is NCCC(=O)c1ccc2[nH]c3c(c2c1)CCC3. The number of hydrogen-bond acceptors (Lipinski definition) is 2. The van der Waals surface area contributed by atoms with Crippen molar-refractivity contribution in [1.82, 2.24) is 4.98 Å². The predicted molar refractivity (Wildman–Crippen MR) is 68.3 cm³/mol. The van der Waals surface area contributed by atoms with Crippen molar-refractivity contribution in [3.8, 4) is 0 Å². The number of aromatic amines is 1. The van der Waals surface area contributed by atoms with Crippen LogP contribution in [-0.4, -0.2) is 17.3 Å². The molecule has 3 N–H and O–H groups in total. The molecule has 2 aromatic rings. The lowest BCUT2D eigenvalue weighted by Gasteiger charge is -2.00. The van der Waals surface area contributed by atoms with Gasteiger partial charge < -0.3 is 10.7 Å². The highest BCUT2D eigenvalue weighted by Crippen LogP contribution is 2.30. The second-order valence-corrected chi connectivity index (χ2v) is 4.66. The first-order chi connectivity index (χ1) is 8.29. The summed E-state index contributed by atoms with van der Waals surface area (Å²) in [6.45, 7) is 0.419. The molecule has 1 aliphatic rings. The summed E-state index contributed by atoms with van der Waals surface area (Å²) in [5, 5.41) is 1.22. The van der Waals surface area contributed by atoms with Crippen molar-refractivity contribution < 1.29 is 4.79 Å². The summed E-state index contributed by atoms with van der Waals surface area (Å²) in [5.41, 5.74) is 10.1. The van der Waals surface area contributed by atoms with Gasteiger partial charge in [-0.2, -0.15) is 0 Å². The van der Waals surface area contributed by atoms with E-state index < -0.39 is 0 Å². The number of ketones is 1. The van der Waals surface area contributed by atoms with Crippen LogP contribution in [0.25, 0.3) is 10.9 Å². The van der Waals surface area contributed by atoms with E-state index in [0.717, 1.165) is 23.9 Å². The van der Waals surface area contributed by atoms with E-state index in [-0.39, 0.29) is 5.78 Å². The quantitative estimate of drug-likeness (QED) is 0.791. The van der Waals surface area contributed by atoms with Crippen LogP contribution in [0.4, 0.5) is 0 Å². The van der Waals surface area contributed by atoms with Crippen LogP contribution in [0.5, 0.6) is 0 Å². The maximum atomic E-state index is 11.8. The topological polar surface area (TPSA) is 58.9 Å². The highest BCUT2D eigenvalue weighted by atomic mass is 16.1. The molecule has 88 valence electrons. The van der Waals surface area contributed by atoms with E-state index >= 15 is 0 Å². The largest absolute Gasteiger partial charge is 0.358 e. The van der Waals surface area contributed by atoms with Gasteiger partial charge in [0.15, 0.2) is 5.78 Å². The Morgan fingerprint density at radius 1 is 1.35 bits per heavy atom. The molecule has 3 heteroatoms. The second kappa shape index (κ2) is 4.00. The monoisotopic (exact) mass is 228 g/mol. The number of hydrogen-bond donors (Lipinski definition) is 2. The van der Waals surface area contributed by atoms with Crippen molar-refractivity contribution in [2.24, 2.45) is 5.73 Å². The molecule has 0 unspecified atom stereocenters. The summed E-state index contributed by atoms with van der Waals surface area (Å²) in [4.78, 5) is 15.3. The number of H-pyrrole nitrogens is 1. The number of carbonyl (C=O) groups is 1. The summed E-state index contributed by atoms with van der Waals surface area (Å²) < 4.78 is 0. The number of Topliss-reactive ketones (excluding diaryl/α,β-unsaturated/α-hetero) is 1. The summed E-state index contributed by atoms with van der Waals surface area (Å²) in [7, 11) is 0. The van der Waals surface area contributed by atoms with Gasteiger partial charge in [-0.1, -0.05) is 0 Å². The lowest BCUT2D eigenvalue weighted by molar-refractivity contribution is 0.0985. The number of nitrogens with two attached hydrogens (primary N) is 1. The van der Waals surface area contributed by atoms with Gasteiger partial charge >= 0.3 is 0 Å². The van der Waals surface area contributed by atoms with Crippen LogP contribution in [0, 0.1) is 0 Å². The summed E-state index contributed by atoms with van der Waals surface area (Å²) >= 11 is 0. The molecule has 0 fully saturated rings. The molecule has 17 heavy (non-hydrogen) atoms. The Balaban J connectivity index is 2.09. The molecule has 1 aromatic heterocycles. The third kappa shape index (κ3) is 1.67. The zero-order valence-electron chi connectivity index (χ0n) is 9.75. The minimum atomic E-state index is 0.141. The van der Waals surface area contributed by atoms with Crippen LogP contribution in [0.3, 0.4) is 0 Å². The number of rotatable bonds is 3. The lowest BCUT2D eigenvalue weighted by atomic mass is 10.0. The van der Waals surface area contributed by atoms with Crippen molar-refractivity contribution >= 4 is 16.7 Å². The highest BCUT2D eigenvalue weighted by molar-refractivity contribution is 6.00. The van der Waals surface area contributed by atoms with Crippen LogP contribution >= 0.6 is 0 Å². The fraction of sp³-hybridized carbons (Fsp3) is 0.357. The van der Waals surface area contributed by atoms with Crippen LogP contribution < -0.4 is 5.73 Å². The number of fused-ring (bicyclic) bond motifs is 3. The minimum Gasteiger partial charge on any atom is -0.358 e. The van der Waals surface area contributed by atoms with Gasteiger partial charge in [-0.3, -0.25) is 4.79 Å². The molecule has 0 bridgehead atoms. The first-order valence-corrected chi connectivity index (χ1v) is 6.16. The highest BCUT2D eigenvalue weighted by Gasteiger charge is 2.17. The van der Waals surface area contributed by atoms with E-state index in [0.29, 0.717) is 13.0 Å². The van der Waals surface area contributed by atoms with Gasteiger partial charge in [-0.15, -0.1) is 0 Å². The van der Waals surface area contributed by atoms with E-state index in [4.69, 9.17) is 5.73 Å². The lowest BCUT2D eigenvalue weighted by Crippen LogP contribution is -2.07. The summed E-state index contributed by atoms with van der Waals surface area (Å²) in [6.07, 6.45) is 3.91. The Morgan fingerprint density at radius 2 is 2.24 bits per heavy atom. The van der Waals surface area contributed by atoms with Crippen LogP contribution in [0.15, 0.2) is 18.2 Å². The van der Waals surface area contributed by atoms with Crippen molar-refractivity contribution in [2.45, 2.75) is 25.7 Å². The molecule has 0 spiro atoms. The van der Waals surface area contributed by atoms with Crippen molar-refractivity contribution in [1.29, 1.82) is 0 Å². The molecule has 1 heterocycles. The maximum Gasteiger partial charge on any atom is 0.164 e. The molecule has 0 saturated heterocycles. The zero-order valence-corrected chi connectivity index (χ0v) is 9.75. The normalized spacial score (nSPS) is 14.2. The maximum absolute atomic E-state index is 11.8. The minimum absolute atomic E-state index is 0.141. The average Bonchev–Trinajstić information content (AvgIpc) is 2.88. The molecule has 0 radical (unpaired) electrons. The fourth-order valence-electron chi connectivity index (χ4n) is 2.69. The predicted octanol–water partition coefficient (Wildman–Crippen LogP) is 2.19. The molecule has 0 atom stereocenters. The van der Waals surface area contributed by atoms with Gasteiger partial charge in [-0.25, -0.2) is 0 Å². The van der Waals surface area contributed by atoms with Gasteiger partial charge in [0.25, 0.3) is 0 Å². The third-order valence-corrected chi connectivity index (χ3v) is 3.54. The first kappa shape index (κ1) is 10.5. The Labute approximate surface area is 100 Å². The van der Waals surface area contributed by atoms with Gasteiger partial charge in [0.1, 0.15) is 0 Å². The molecule has 0 amide bonds. The Hall–Kier alpha value is -1.61. The van der Waals surface area contributed by atoms with E-state index in [1.54, 1.807) is 0 Å². The molecule has 0 aliphatic heterocycles. The Morgan fingerprint density at radius 3 is 3.06 bits per heavy atom. The molecule has 1 aliphatic carbocycles. The third-order valence-electron chi connectivity index (χ3n) is 3.54. The molecular formula is C14H16N2O. The number of nitrogens with one attached hydrogen (secondary N) is 1. The Kier molecular flexibility index (Phi) is 2.48. The van der Waals surface area contributed by atoms with Crippen LogP contribution in [0.1, 0.15) is 34.5 Å². The number of benzene rings is 1. The van der Waals surface area contributed by atoms with Gasteiger partial charge in [0.2, 0.25) is 0 Å². The number of carbonyl (C=O) groups excluding carboxylic acids is 1. The van der Waals surface area contributed by atoms with Crippen molar-refractivity contribution in [2.75, 3.05) is 6.54 Å². The van der Waals surface area contributed by atoms with E-state index in [1.807, 2.05) is 18.2 Å². The van der Waals surface area contributed by atoms with Crippen LogP contribution in [0.2, 0.25) is 0 Å². The summed E-state index contributed by atoms with van der Waals surface area (Å²) in [6, 6.07) is 5.93. The molecule has 1 aromatic carbocycles. The first-order valence-electron chi connectivity index (χ1n) is 6.16. The van der Waals surface area contributed by atoms with E-state index in [9.17, 15) is 4.79 Å².